The van der Waals surface area contributed by atoms with Gasteiger partial charge in [0.25, 0.3) is 0 Å². The Balaban J connectivity index is 2.28. The van der Waals surface area contributed by atoms with Crippen LogP contribution in [0.15, 0.2) is 42.5 Å². The van der Waals surface area contributed by atoms with Crippen molar-refractivity contribution in [2.75, 3.05) is 7.11 Å². The monoisotopic (exact) mass is 448 g/mol. The number of ether oxygens (including phenoxy) is 2. The third kappa shape index (κ3) is 5.46. The molecule has 0 heterocycles. The van der Waals surface area contributed by atoms with Gasteiger partial charge in [-0.3, -0.25) is 0 Å². The highest BCUT2D eigenvalue weighted by atomic mass is 16.6. The van der Waals surface area contributed by atoms with Gasteiger partial charge in [0.05, 0.1) is 7.11 Å². The molecule has 0 aliphatic rings. The van der Waals surface area contributed by atoms with Crippen LogP contribution in [0, 0.1) is 0 Å². The topological polar surface area (TPSA) is 191 Å². The van der Waals surface area contributed by atoms with Crippen molar-refractivity contribution in [1.29, 1.82) is 0 Å². The molecule has 2 aromatic carbocycles. The summed E-state index contributed by atoms with van der Waals surface area (Å²) in [7, 11) is 1.24. The number of aromatic hydroxyl groups is 3. The predicted octanol–water partition coefficient (Wildman–Crippen LogP) is 0.880. The minimum Gasteiger partial charge on any atom is -0.504 e. The normalized spacial score (nSPS) is 13.8. The summed E-state index contributed by atoms with van der Waals surface area (Å²) in [5.41, 5.74) is -2.73. The standard InChI is InChI=1S/C21H20O11/c1-31-16-9-12(3-6-14(16)23)10-21(30,20(28)29)18(19(26)27)32-17(25)7-4-11-2-5-13(22)15(24)8-11/h2-9,18,22-24,30H,10H2,1H3,(H,26,27)(H,28,29)/b7-4+/t18-,21-/m1/s1. The number of hydrogen-bond donors (Lipinski definition) is 6. The van der Waals surface area contributed by atoms with Crippen LogP contribution in [0.1, 0.15) is 11.1 Å². The van der Waals surface area contributed by atoms with Crippen molar-refractivity contribution >= 4 is 24.0 Å². The van der Waals surface area contributed by atoms with Crippen LogP contribution in [0.25, 0.3) is 6.08 Å². The van der Waals surface area contributed by atoms with Crippen LogP contribution in [0.4, 0.5) is 0 Å². The lowest BCUT2D eigenvalue weighted by Gasteiger charge is -2.29. The highest BCUT2D eigenvalue weighted by Gasteiger charge is 2.51. The number of phenolic OH excluding ortho intramolecular Hbond substituents is 3. The summed E-state index contributed by atoms with van der Waals surface area (Å²) < 4.78 is 9.62. The van der Waals surface area contributed by atoms with Gasteiger partial charge in [-0.2, -0.15) is 0 Å². The molecule has 0 unspecified atom stereocenters. The molecule has 0 fully saturated rings. The Morgan fingerprint density at radius 3 is 2.22 bits per heavy atom. The van der Waals surface area contributed by atoms with Crippen LogP contribution in [0.2, 0.25) is 0 Å². The number of carbonyl (C=O) groups excluding carboxylic acids is 1. The van der Waals surface area contributed by atoms with E-state index in [1.54, 1.807) is 0 Å². The number of phenols is 3. The number of aliphatic hydroxyl groups is 1. The summed E-state index contributed by atoms with van der Waals surface area (Å²) in [5, 5.41) is 58.0. The Morgan fingerprint density at radius 2 is 1.66 bits per heavy atom. The lowest BCUT2D eigenvalue weighted by atomic mass is 9.88. The van der Waals surface area contributed by atoms with Gasteiger partial charge in [0.1, 0.15) is 0 Å². The minimum atomic E-state index is -3.06. The van der Waals surface area contributed by atoms with E-state index in [4.69, 9.17) is 9.47 Å². The zero-order valence-corrected chi connectivity index (χ0v) is 16.6. The van der Waals surface area contributed by atoms with Crippen LogP contribution in [0.5, 0.6) is 23.0 Å². The Morgan fingerprint density at radius 1 is 1.00 bits per heavy atom. The summed E-state index contributed by atoms with van der Waals surface area (Å²) in [5.74, 6) is -6.32. The van der Waals surface area contributed by atoms with E-state index >= 15 is 0 Å². The van der Waals surface area contributed by atoms with Gasteiger partial charge >= 0.3 is 17.9 Å². The highest BCUT2D eigenvalue weighted by Crippen LogP contribution is 2.30. The fourth-order valence-corrected chi connectivity index (χ4v) is 2.74. The SMILES string of the molecule is COc1cc(C[C@](O)(C(=O)O)[C@H](OC(=O)/C=C/c2ccc(O)c(O)c2)C(=O)O)ccc1O. The molecule has 0 bridgehead atoms. The van der Waals surface area contributed by atoms with Crippen LogP contribution < -0.4 is 4.74 Å². The third-order valence-corrected chi connectivity index (χ3v) is 4.39. The van der Waals surface area contributed by atoms with E-state index in [0.717, 1.165) is 30.4 Å². The van der Waals surface area contributed by atoms with Gasteiger partial charge in [-0.25, -0.2) is 14.4 Å². The van der Waals surface area contributed by atoms with E-state index in [1.165, 1.54) is 25.3 Å². The maximum atomic E-state index is 12.1. The van der Waals surface area contributed by atoms with E-state index in [2.05, 4.69) is 0 Å². The van der Waals surface area contributed by atoms with E-state index in [-0.39, 0.29) is 22.6 Å². The largest absolute Gasteiger partial charge is 0.504 e. The number of aliphatic carboxylic acids is 2. The Bertz CT molecular complexity index is 1060. The summed E-state index contributed by atoms with van der Waals surface area (Å²) in [6.45, 7) is 0. The first kappa shape index (κ1) is 24.0. The smallest absolute Gasteiger partial charge is 0.348 e. The first-order valence-electron chi connectivity index (χ1n) is 8.93. The van der Waals surface area contributed by atoms with Gasteiger partial charge in [-0.1, -0.05) is 12.1 Å². The van der Waals surface area contributed by atoms with Crippen LogP contribution in [-0.2, 0) is 25.5 Å². The Labute approximate surface area is 181 Å². The maximum absolute atomic E-state index is 12.1. The van der Waals surface area contributed by atoms with Crippen molar-refractivity contribution in [3.8, 4) is 23.0 Å². The number of benzene rings is 2. The summed E-state index contributed by atoms with van der Waals surface area (Å²) in [4.78, 5) is 35.5. The number of carboxylic acid groups (broad SMARTS) is 2. The number of rotatable bonds is 9. The molecule has 6 N–H and O–H groups in total. The number of carboxylic acids is 2. The first-order valence-corrected chi connectivity index (χ1v) is 8.93. The van der Waals surface area contributed by atoms with Crippen molar-refractivity contribution in [1.82, 2.24) is 0 Å². The van der Waals surface area contributed by atoms with Crippen LogP contribution >= 0.6 is 0 Å². The first-order chi connectivity index (χ1) is 15.0. The molecular formula is C21H20O11. The van der Waals surface area contributed by atoms with Gasteiger partial charge in [0.15, 0.2) is 23.0 Å². The van der Waals surface area contributed by atoms with E-state index < -0.39 is 47.5 Å². The molecule has 0 radical (unpaired) electrons. The fourth-order valence-electron chi connectivity index (χ4n) is 2.74. The molecule has 0 saturated heterocycles. The molecule has 0 spiro atoms. The number of carbonyl (C=O) groups is 3. The highest BCUT2D eigenvalue weighted by molar-refractivity contribution is 5.93. The molecule has 2 atom stereocenters. The lowest BCUT2D eigenvalue weighted by Crippen LogP contribution is -2.56. The average molecular weight is 448 g/mol. The predicted molar refractivity (Wildman–Crippen MR) is 107 cm³/mol. The van der Waals surface area contributed by atoms with Crippen molar-refractivity contribution in [3.05, 3.63) is 53.6 Å². The minimum absolute atomic E-state index is 0.0424. The maximum Gasteiger partial charge on any atom is 0.348 e. The molecule has 32 heavy (non-hydrogen) atoms. The quantitative estimate of drug-likeness (QED) is 0.181. The zero-order chi connectivity index (χ0) is 24.1. The molecule has 2 rings (SSSR count). The molecular weight excluding hydrogens is 428 g/mol. The number of esters is 1. The van der Waals surface area contributed by atoms with Gasteiger partial charge in [0.2, 0.25) is 11.7 Å². The molecule has 0 aromatic heterocycles. The average Bonchev–Trinajstić information content (AvgIpc) is 2.73. The second-order valence-electron chi connectivity index (χ2n) is 6.65. The van der Waals surface area contributed by atoms with Gasteiger partial charge in [-0.05, 0) is 41.5 Å². The second kappa shape index (κ2) is 9.71. The zero-order valence-electron chi connectivity index (χ0n) is 16.6. The van der Waals surface area contributed by atoms with Gasteiger partial charge < -0.3 is 40.1 Å². The molecule has 0 aliphatic heterocycles. The van der Waals surface area contributed by atoms with E-state index in [9.17, 15) is 45.0 Å². The molecule has 170 valence electrons. The second-order valence-corrected chi connectivity index (χ2v) is 6.65. The van der Waals surface area contributed by atoms with Crippen molar-refractivity contribution in [2.45, 2.75) is 18.1 Å². The fraction of sp³-hybridized carbons (Fsp3) is 0.190. The van der Waals surface area contributed by atoms with Gasteiger partial charge in [-0.15, -0.1) is 0 Å². The van der Waals surface area contributed by atoms with Crippen LogP contribution in [0.3, 0.4) is 0 Å². The lowest BCUT2D eigenvalue weighted by molar-refractivity contribution is -0.192. The molecule has 0 aliphatic carbocycles. The van der Waals surface area contributed by atoms with Crippen molar-refractivity contribution < 1.29 is 54.5 Å². The van der Waals surface area contributed by atoms with E-state index in [1.807, 2.05) is 0 Å². The molecule has 0 amide bonds. The molecule has 0 saturated carbocycles. The summed E-state index contributed by atoms with van der Waals surface area (Å²) in [6.07, 6.45) is -1.41. The molecule has 11 heteroatoms. The Kier molecular flexibility index (Phi) is 7.29. The Hall–Kier alpha value is -4.25. The number of hydrogen-bond acceptors (Lipinski definition) is 9. The molecule has 2 aromatic rings. The summed E-state index contributed by atoms with van der Waals surface area (Å²) >= 11 is 0. The third-order valence-electron chi connectivity index (χ3n) is 4.39. The van der Waals surface area contributed by atoms with Crippen molar-refractivity contribution in [2.24, 2.45) is 0 Å². The van der Waals surface area contributed by atoms with Gasteiger partial charge in [0, 0.05) is 12.5 Å². The molecule has 11 nitrogen and oxygen atoms in total. The van der Waals surface area contributed by atoms with Crippen molar-refractivity contribution in [3.63, 3.8) is 0 Å². The van der Waals surface area contributed by atoms with Crippen LogP contribution in [-0.4, -0.2) is 67.4 Å². The summed E-state index contributed by atoms with van der Waals surface area (Å²) in [6, 6.07) is 7.19. The number of methoxy groups -OCH3 is 1. The van der Waals surface area contributed by atoms with E-state index in [0.29, 0.717) is 0 Å².